The first-order valence-electron chi connectivity index (χ1n) is 8.29. The molecule has 0 saturated carbocycles. The van der Waals surface area contributed by atoms with E-state index in [-0.39, 0.29) is 32.6 Å². The van der Waals surface area contributed by atoms with E-state index < -0.39 is 11.9 Å². The molecule has 0 atom stereocenters. The summed E-state index contributed by atoms with van der Waals surface area (Å²) < 4.78 is 19.6. The monoisotopic (exact) mass is 441 g/mol. The third kappa shape index (κ3) is 3.19. The van der Waals surface area contributed by atoms with Crippen molar-refractivity contribution in [1.29, 1.82) is 0 Å². The minimum Gasteiger partial charge on any atom is -0.465 e. The Bertz CT molecular complexity index is 1090. The van der Waals surface area contributed by atoms with Crippen molar-refractivity contribution in [3.8, 4) is 11.3 Å². The second-order valence-corrected chi connectivity index (χ2v) is 7.82. The van der Waals surface area contributed by atoms with Crippen LogP contribution in [0, 0.1) is 5.82 Å². The first kappa shape index (κ1) is 19.0. The van der Waals surface area contributed by atoms with Gasteiger partial charge in [-0.05, 0) is 29.7 Å². The maximum atomic E-state index is 15.3. The van der Waals surface area contributed by atoms with Gasteiger partial charge >= 0.3 is 6.09 Å². The fourth-order valence-electron chi connectivity index (χ4n) is 3.18. The predicted molar refractivity (Wildman–Crippen MR) is 109 cm³/mol. The van der Waals surface area contributed by atoms with Gasteiger partial charge in [0, 0.05) is 31.6 Å². The van der Waals surface area contributed by atoms with Crippen LogP contribution < -0.4 is 10.6 Å². The Morgan fingerprint density at radius 2 is 1.93 bits per heavy atom. The van der Waals surface area contributed by atoms with E-state index in [2.05, 4.69) is 9.36 Å². The van der Waals surface area contributed by atoms with Crippen LogP contribution in [0.15, 0.2) is 18.2 Å². The van der Waals surface area contributed by atoms with Crippen LogP contribution in [0.1, 0.15) is 0 Å². The summed E-state index contributed by atoms with van der Waals surface area (Å²) >= 11 is 13.7. The molecule has 3 aromatic rings. The third-order valence-corrected chi connectivity index (χ3v) is 6.12. The lowest BCUT2D eigenvalue weighted by atomic mass is 10.1. The van der Waals surface area contributed by atoms with Gasteiger partial charge in [-0.3, -0.25) is 0 Å². The fourth-order valence-corrected chi connectivity index (χ4v) is 4.57. The van der Waals surface area contributed by atoms with Gasteiger partial charge in [0.1, 0.15) is 16.3 Å². The lowest BCUT2D eigenvalue weighted by Gasteiger charge is -2.33. The van der Waals surface area contributed by atoms with Gasteiger partial charge in [0.2, 0.25) is 0 Å². The summed E-state index contributed by atoms with van der Waals surface area (Å²) in [5.74, 6) is -0.417. The van der Waals surface area contributed by atoms with Crippen LogP contribution in [0.5, 0.6) is 0 Å². The molecule has 0 spiro atoms. The van der Waals surface area contributed by atoms with Gasteiger partial charge in [0.25, 0.3) is 0 Å². The molecule has 28 heavy (non-hydrogen) atoms. The van der Waals surface area contributed by atoms with Crippen LogP contribution in [-0.2, 0) is 0 Å². The van der Waals surface area contributed by atoms with Crippen LogP contribution in [0.2, 0.25) is 10.0 Å². The van der Waals surface area contributed by atoms with Crippen molar-refractivity contribution < 1.29 is 14.3 Å². The molecule has 1 fully saturated rings. The lowest BCUT2D eigenvalue weighted by molar-refractivity contribution is 0.142. The molecule has 1 aliphatic heterocycles. The molecule has 3 N–H and O–H groups in total. The van der Waals surface area contributed by atoms with E-state index in [1.807, 2.05) is 4.90 Å². The molecule has 146 valence electrons. The molecular formula is C17H14Cl2FN5O2S. The van der Waals surface area contributed by atoms with Crippen molar-refractivity contribution >= 4 is 62.5 Å². The molecule has 1 saturated heterocycles. The largest absolute Gasteiger partial charge is 0.465 e. The van der Waals surface area contributed by atoms with E-state index in [1.54, 1.807) is 6.07 Å². The normalized spacial score (nSPS) is 14.7. The maximum Gasteiger partial charge on any atom is 0.407 e. The molecule has 2 aromatic heterocycles. The van der Waals surface area contributed by atoms with Crippen LogP contribution in [-0.4, -0.2) is 51.6 Å². The summed E-state index contributed by atoms with van der Waals surface area (Å²) in [4.78, 5) is 18.5. The minimum absolute atomic E-state index is 0.0546. The van der Waals surface area contributed by atoms with Crippen molar-refractivity contribution in [1.82, 2.24) is 14.3 Å². The second kappa shape index (κ2) is 7.23. The number of hydrogen-bond acceptors (Lipinski definition) is 6. The van der Waals surface area contributed by atoms with E-state index in [0.717, 1.165) is 16.5 Å². The Morgan fingerprint density at radius 3 is 2.61 bits per heavy atom. The summed E-state index contributed by atoms with van der Waals surface area (Å²) in [5.41, 5.74) is 6.09. The zero-order chi connectivity index (χ0) is 20.0. The Kier molecular flexibility index (Phi) is 4.90. The number of fused-ring (bicyclic) bond motifs is 1. The number of hydrogen-bond donors (Lipinski definition) is 2. The van der Waals surface area contributed by atoms with Gasteiger partial charge in [-0.25, -0.2) is 14.2 Å². The number of carbonyl (C=O) groups is 1. The number of aromatic nitrogens is 2. The number of amides is 1. The smallest absolute Gasteiger partial charge is 0.407 e. The molecule has 1 aromatic carbocycles. The van der Waals surface area contributed by atoms with E-state index >= 15 is 4.39 Å². The highest BCUT2D eigenvalue weighted by Crippen LogP contribution is 2.42. The molecule has 1 amide bonds. The number of nitrogens with two attached hydrogens (primary N) is 1. The number of nitrogen functional groups attached to an aromatic ring is 1. The summed E-state index contributed by atoms with van der Waals surface area (Å²) in [6.45, 7) is 1.72. The number of halogens is 3. The maximum absolute atomic E-state index is 15.3. The molecule has 4 rings (SSSR count). The molecule has 0 bridgehead atoms. The van der Waals surface area contributed by atoms with E-state index in [1.165, 1.54) is 17.0 Å². The van der Waals surface area contributed by atoms with E-state index in [0.29, 0.717) is 31.6 Å². The molecule has 7 nitrogen and oxygen atoms in total. The minimum atomic E-state index is -0.945. The van der Waals surface area contributed by atoms with Crippen LogP contribution in [0.4, 0.5) is 20.0 Å². The highest BCUT2D eigenvalue weighted by atomic mass is 35.5. The van der Waals surface area contributed by atoms with Crippen LogP contribution in [0.25, 0.3) is 22.2 Å². The van der Waals surface area contributed by atoms with Gasteiger partial charge in [-0.1, -0.05) is 23.2 Å². The van der Waals surface area contributed by atoms with Crippen molar-refractivity contribution in [3.63, 3.8) is 0 Å². The molecule has 3 heterocycles. The number of nitrogens with zero attached hydrogens (tertiary/aromatic N) is 4. The summed E-state index contributed by atoms with van der Waals surface area (Å²) in [6, 6.07) is 4.69. The standard InChI is InChI=1S/C17H14Cl2FN5O2S/c18-9-1-2-11(21)22-15(9)12-10(19)7-8-14(13(12)20)23-28-16(8)24-3-5-25(6-4-24)17(26)27/h1-2,7H,3-6H2,(H2,21,22)(H,26,27). The Balaban J connectivity index is 1.76. The molecular weight excluding hydrogens is 428 g/mol. The molecule has 1 aliphatic rings. The number of pyridine rings is 1. The molecule has 0 radical (unpaired) electrons. The zero-order valence-corrected chi connectivity index (χ0v) is 16.7. The van der Waals surface area contributed by atoms with Crippen LogP contribution >= 0.6 is 34.7 Å². The van der Waals surface area contributed by atoms with Crippen molar-refractivity contribution in [2.75, 3.05) is 36.8 Å². The van der Waals surface area contributed by atoms with Gasteiger partial charge in [0.15, 0.2) is 5.82 Å². The average molecular weight is 442 g/mol. The van der Waals surface area contributed by atoms with E-state index in [4.69, 9.17) is 34.0 Å². The molecule has 0 unspecified atom stereocenters. The quantitative estimate of drug-likeness (QED) is 0.618. The predicted octanol–water partition coefficient (Wildman–Crippen LogP) is 4.19. The second-order valence-electron chi connectivity index (χ2n) is 6.25. The van der Waals surface area contributed by atoms with Crippen molar-refractivity contribution in [2.45, 2.75) is 0 Å². The van der Waals surface area contributed by atoms with Gasteiger partial charge in [-0.2, -0.15) is 4.37 Å². The first-order chi connectivity index (χ1) is 13.4. The molecule has 0 aliphatic carbocycles. The average Bonchev–Trinajstić information content (AvgIpc) is 3.08. The molecule has 11 heteroatoms. The van der Waals surface area contributed by atoms with Gasteiger partial charge < -0.3 is 20.6 Å². The van der Waals surface area contributed by atoms with Crippen molar-refractivity contribution in [2.24, 2.45) is 0 Å². The van der Waals surface area contributed by atoms with E-state index in [9.17, 15) is 4.79 Å². The van der Waals surface area contributed by atoms with Gasteiger partial charge in [-0.15, -0.1) is 0 Å². The SMILES string of the molecule is Nc1ccc(Cl)c(-c2c(Cl)cc3c(N4CCN(C(=O)O)CC4)snc3c2F)n1. The van der Waals surface area contributed by atoms with Gasteiger partial charge in [0.05, 0.1) is 21.3 Å². The highest BCUT2D eigenvalue weighted by Gasteiger charge is 2.26. The third-order valence-electron chi connectivity index (χ3n) is 4.59. The Morgan fingerprint density at radius 1 is 1.21 bits per heavy atom. The lowest BCUT2D eigenvalue weighted by Crippen LogP contribution is -2.48. The first-order valence-corrected chi connectivity index (χ1v) is 9.82. The summed E-state index contributed by atoms with van der Waals surface area (Å²) in [5, 5.41) is 10.8. The Hall–Kier alpha value is -2.36. The number of benzene rings is 1. The topological polar surface area (TPSA) is 95.6 Å². The Labute approximate surface area is 173 Å². The zero-order valence-electron chi connectivity index (χ0n) is 14.3. The van der Waals surface area contributed by atoms with Crippen molar-refractivity contribution in [3.05, 3.63) is 34.1 Å². The van der Waals surface area contributed by atoms with Crippen LogP contribution in [0.3, 0.4) is 0 Å². The number of piperazine rings is 1. The number of anilines is 2. The summed E-state index contributed by atoms with van der Waals surface area (Å²) in [7, 11) is 0. The summed E-state index contributed by atoms with van der Waals surface area (Å²) in [6.07, 6.45) is -0.945. The number of carboxylic acid groups (broad SMARTS) is 1. The highest BCUT2D eigenvalue weighted by molar-refractivity contribution is 7.11. The fraction of sp³-hybridized carbons (Fsp3) is 0.235. The number of rotatable bonds is 2.